The summed E-state index contributed by atoms with van der Waals surface area (Å²) in [6, 6.07) is 21.2. The van der Waals surface area contributed by atoms with Crippen LogP contribution in [0.25, 0.3) is 0 Å². The molecule has 0 radical (unpaired) electrons. The molecule has 1 aliphatic rings. The average Bonchev–Trinajstić information content (AvgIpc) is 3.15. The molecule has 0 N–H and O–H groups in total. The van der Waals surface area contributed by atoms with E-state index in [1.54, 1.807) is 4.90 Å². The zero-order valence-corrected chi connectivity index (χ0v) is 20.0. The number of benzene rings is 3. The lowest BCUT2D eigenvalue weighted by Gasteiger charge is -2.27. The lowest BCUT2D eigenvalue weighted by molar-refractivity contribution is -0.119. The Kier molecular flexibility index (Phi) is 6.74. The van der Waals surface area contributed by atoms with Crippen LogP contribution in [0.1, 0.15) is 18.1 Å². The van der Waals surface area contributed by atoms with Gasteiger partial charge in [0.2, 0.25) is 15.9 Å². The van der Waals surface area contributed by atoms with Crippen LogP contribution in [0, 0.1) is 0 Å². The van der Waals surface area contributed by atoms with Crippen LogP contribution in [-0.4, -0.2) is 38.3 Å². The minimum Gasteiger partial charge on any atom is -0.495 e. The highest BCUT2D eigenvalue weighted by atomic mass is 35.5. The SMILES string of the molecule is COc1ccc(S(=O)(=O)N(CC(=O)N2c3ccccc3CC2C)Cc2ccccc2)cc1Cl. The number of fused-ring (bicyclic) bond motifs is 1. The Morgan fingerprint density at radius 2 is 1.79 bits per heavy atom. The molecule has 0 spiro atoms. The lowest BCUT2D eigenvalue weighted by atomic mass is 10.1. The Bertz CT molecular complexity index is 1260. The molecule has 0 aromatic heterocycles. The predicted octanol–water partition coefficient (Wildman–Crippen LogP) is 4.52. The molecule has 1 aliphatic heterocycles. The van der Waals surface area contributed by atoms with E-state index in [1.165, 1.54) is 29.6 Å². The predicted molar refractivity (Wildman–Crippen MR) is 129 cm³/mol. The number of ether oxygens (including phenoxy) is 1. The van der Waals surface area contributed by atoms with Crippen LogP contribution in [0.15, 0.2) is 77.7 Å². The van der Waals surface area contributed by atoms with Crippen LogP contribution in [0.3, 0.4) is 0 Å². The van der Waals surface area contributed by atoms with E-state index in [-0.39, 0.29) is 35.0 Å². The largest absolute Gasteiger partial charge is 0.495 e. The molecular weight excluding hydrogens is 460 g/mol. The van der Waals surface area contributed by atoms with Gasteiger partial charge in [-0.15, -0.1) is 0 Å². The van der Waals surface area contributed by atoms with Crippen molar-refractivity contribution in [3.05, 3.63) is 88.9 Å². The van der Waals surface area contributed by atoms with Gasteiger partial charge in [0.1, 0.15) is 5.75 Å². The Morgan fingerprint density at radius 3 is 2.48 bits per heavy atom. The Hall–Kier alpha value is -2.87. The maximum absolute atomic E-state index is 13.6. The van der Waals surface area contributed by atoms with Gasteiger partial charge < -0.3 is 9.64 Å². The summed E-state index contributed by atoms with van der Waals surface area (Å²) in [7, 11) is -2.56. The Morgan fingerprint density at radius 1 is 1.09 bits per heavy atom. The molecule has 8 heteroatoms. The average molecular weight is 485 g/mol. The number of amides is 1. The second-order valence-corrected chi connectivity index (χ2v) is 10.3. The molecule has 3 aromatic carbocycles. The molecule has 0 aliphatic carbocycles. The van der Waals surface area contributed by atoms with Gasteiger partial charge in [0.05, 0.1) is 23.6 Å². The van der Waals surface area contributed by atoms with Gasteiger partial charge in [-0.3, -0.25) is 4.79 Å². The quantitative estimate of drug-likeness (QED) is 0.494. The van der Waals surface area contributed by atoms with E-state index in [0.717, 1.165) is 23.2 Å². The fourth-order valence-electron chi connectivity index (χ4n) is 4.14. The standard InChI is InChI=1S/C25H25ClN2O4S/c1-18-14-20-10-6-7-11-23(20)28(18)25(29)17-27(16-19-8-4-3-5-9-19)33(30,31)21-12-13-24(32-2)22(26)15-21/h3-13,15,18H,14,16-17H2,1-2H3. The van der Waals surface area contributed by atoms with Crippen LogP contribution in [0.4, 0.5) is 5.69 Å². The summed E-state index contributed by atoms with van der Waals surface area (Å²) in [4.78, 5) is 15.1. The molecule has 1 amide bonds. The van der Waals surface area contributed by atoms with E-state index in [9.17, 15) is 13.2 Å². The zero-order chi connectivity index (χ0) is 23.6. The van der Waals surface area contributed by atoms with Crippen molar-refractivity contribution < 1.29 is 17.9 Å². The van der Waals surface area contributed by atoms with Crippen LogP contribution < -0.4 is 9.64 Å². The van der Waals surface area contributed by atoms with Crippen molar-refractivity contribution in [2.45, 2.75) is 30.8 Å². The summed E-state index contributed by atoms with van der Waals surface area (Å²) in [5.74, 6) is 0.107. The highest BCUT2D eigenvalue weighted by Crippen LogP contribution is 2.33. The van der Waals surface area contributed by atoms with E-state index in [0.29, 0.717) is 5.75 Å². The van der Waals surface area contributed by atoms with E-state index in [4.69, 9.17) is 16.3 Å². The van der Waals surface area contributed by atoms with Crippen LogP contribution >= 0.6 is 11.6 Å². The molecule has 0 bridgehead atoms. The third-order valence-electron chi connectivity index (χ3n) is 5.75. The van der Waals surface area contributed by atoms with E-state index in [1.807, 2.05) is 61.5 Å². The summed E-state index contributed by atoms with van der Waals surface area (Å²) in [5, 5.41) is 0.187. The molecule has 0 saturated carbocycles. The van der Waals surface area contributed by atoms with Gasteiger partial charge >= 0.3 is 0 Å². The van der Waals surface area contributed by atoms with Gasteiger partial charge in [0.25, 0.3) is 0 Å². The van der Waals surface area contributed by atoms with Crippen molar-refractivity contribution >= 4 is 33.2 Å². The lowest BCUT2D eigenvalue weighted by Crippen LogP contribution is -2.44. The van der Waals surface area contributed by atoms with Gasteiger partial charge in [-0.1, -0.05) is 60.1 Å². The van der Waals surface area contributed by atoms with Crippen LogP contribution in [0.2, 0.25) is 5.02 Å². The summed E-state index contributed by atoms with van der Waals surface area (Å²) in [6.45, 7) is 1.74. The summed E-state index contributed by atoms with van der Waals surface area (Å²) in [5.41, 5.74) is 2.70. The van der Waals surface area contributed by atoms with Gasteiger partial charge in [-0.05, 0) is 48.7 Å². The van der Waals surface area contributed by atoms with Crippen molar-refractivity contribution in [1.82, 2.24) is 4.31 Å². The topological polar surface area (TPSA) is 66.9 Å². The molecule has 6 nitrogen and oxygen atoms in total. The molecule has 0 saturated heterocycles. The van der Waals surface area contributed by atoms with Crippen LogP contribution in [0.5, 0.6) is 5.75 Å². The molecule has 1 atom stereocenters. The first kappa shape index (κ1) is 23.3. The minimum absolute atomic E-state index is 0.00639. The van der Waals surface area contributed by atoms with Crippen molar-refractivity contribution in [3.8, 4) is 5.75 Å². The Labute approximate surface area is 199 Å². The van der Waals surface area contributed by atoms with Gasteiger partial charge in [-0.25, -0.2) is 8.42 Å². The second kappa shape index (κ2) is 9.55. The first-order valence-electron chi connectivity index (χ1n) is 10.6. The van der Waals surface area contributed by atoms with Crippen molar-refractivity contribution in [2.24, 2.45) is 0 Å². The maximum Gasteiger partial charge on any atom is 0.243 e. The second-order valence-electron chi connectivity index (χ2n) is 8.00. The molecule has 4 rings (SSSR count). The number of nitrogens with zero attached hydrogens (tertiary/aromatic N) is 2. The van der Waals surface area contributed by atoms with E-state index in [2.05, 4.69) is 0 Å². The monoisotopic (exact) mass is 484 g/mol. The third kappa shape index (κ3) is 4.76. The maximum atomic E-state index is 13.6. The van der Waals surface area contributed by atoms with Crippen molar-refractivity contribution in [1.29, 1.82) is 0 Å². The van der Waals surface area contributed by atoms with Gasteiger partial charge in [-0.2, -0.15) is 4.31 Å². The van der Waals surface area contributed by atoms with E-state index < -0.39 is 10.0 Å². The number of hydrogen-bond acceptors (Lipinski definition) is 4. The number of anilines is 1. The summed E-state index contributed by atoms with van der Waals surface area (Å²) >= 11 is 6.20. The molecular formula is C25H25ClN2O4S. The fraction of sp³-hybridized carbons (Fsp3) is 0.240. The molecule has 1 unspecified atom stereocenters. The van der Waals surface area contributed by atoms with Gasteiger partial charge in [0.15, 0.2) is 0 Å². The number of halogens is 1. The van der Waals surface area contributed by atoms with Crippen molar-refractivity contribution in [3.63, 3.8) is 0 Å². The first-order chi connectivity index (χ1) is 15.8. The summed E-state index contributed by atoms with van der Waals surface area (Å²) in [6.07, 6.45) is 0.738. The summed E-state index contributed by atoms with van der Waals surface area (Å²) < 4.78 is 33.6. The highest BCUT2D eigenvalue weighted by Gasteiger charge is 2.34. The Balaban J connectivity index is 1.68. The zero-order valence-electron chi connectivity index (χ0n) is 18.4. The smallest absolute Gasteiger partial charge is 0.243 e. The number of carbonyl (C=O) groups is 1. The number of sulfonamides is 1. The first-order valence-corrected chi connectivity index (χ1v) is 12.4. The number of para-hydroxylation sites is 1. The van der Waals surface area contributed by atoms with Crippen LogP contribution in [-0.2, 0) is 27.8 Å². The highest BCUT2D eigenvalue weighted by molar-refractivity contribution is 7.89. The minimum atomic E-state index is -4.02. The molecule has 33 heavy (non-hydrogen) atoms. The number of hydrogen-bond donors (Lipinski definition) is 0. The molecule has 1 heterocycles. The third-order valence-corrected chi connectivity index (χ3v) is 7.83. The fourth-order valence-corrected chi connectivity index (χ4v) is 5.87. The normalized spacial score (nSPS) is 15.5. The number of carbonyl (C=O) groups excluding carboxylic acids is 1. The van der Waals surface area contributed by atoms with E-state index >= 15 is 0 Å². The number of methoxy groups -OCH3 is 1. The van der Waals surface area contributed by atoms with Gasteiger partial charge in [0, 0.05) is 18.3 Å². The number of rotatable bonds is 7. The molecule has 172 valence electrons. The molecule has 3 aromatic rings. The van der Waals surface area contributed by atoms with Crippen molar-refractivity contribution in [2.75, 3.05) is 18.6 Å². The molecule has 0 fully saturated rings.